The van der Waals surface area contributed by atoms with Crippen LogP contribution in [0.3, 0.4) is 0 Å². The van der Waals surface area contributed by atoms with E-state index in [9.17, 15) is 0 Å². The molecule has 0 rings (SSSR count). The summed E-state index contributed by atoms with van der Waals surface area (Å²) in [7, 11) is 2.23. The van der Waals surface area contributed by atoms with Gasteiger partial charge in [-0.1, -0.05) is 26.2 Å². The lowest BCUT2D eigenvalue weighted by Crippen LogP contribution is -2.39. The van der Waals surface area contributed by atoms with Gasteiger partial charge in [0, 0.05) is 30.9 Å². The lowest BCUT2D eigenvalue weighted by atomic mass is 10.1. The van der Waals surface area contributed by atoms with Gasteiger partial charge >= 0.3 is 0 Å². The Balaban J connectivity index is 3.47. The molecule has 2 unspecified atom stereocenters. The van der Waals surface area contributed by atoms with Crippen molar-refractivity contribution in [1.29, 1.82) is 0 Å². The molecule has 0 spiro atoms. The van der Waals surface area contributed by atoms with E-state index < -0.39 is 0 Å². The van der Waals surface area contributed by atoms with E-state index in [1.165, 1.54) is 31.4 Å². The maximum Gasteiger partial charge on any atom is 0.0155 e. The number of nitrogens with one attached hydrogen (secondary N) is 1. The molecule has 0 aliphatic heterocycles. The molecule has 0 aliphatic rings. The Morgan fingerprint density at radius 2 is 1.94 bits per heavy atom. The third kappa shape index (κ3) is 9.93. The number of rotatable bonds is 11. The average Bonchev–Trinajstić information content (AvgIpc) is 2.29. The third-order valence-corrected chi connectivity index (χ3v) is 4.17. The van der Waals surface area contributed by atoms with Crippen LogP contribution in [0.15, 0.2) is 0 Å². The second-order valence-electron chi connectivity index (χ2n) is 5.14. The quantitative estimate of drug-likeness (QED) is 0.574. The summed E-state index contributed by atoms with van der Waals surface area (Å²) in [5.74, 6) is 1.22. The van der Waals surface area contributed by atoms with Crippen LogP contribution in [0.4, 0.5) is 0 Å². The highest BCUT2D eigenvalue weighted by molar-refractivity contribution is 7.98. The molecule has 0 saturated carbocycles. The summed E-state index contributed by atoms with van der Waals surface area (Å²) in [6, 6.07) is 1.35. The number of hydrogen-bond donors (Lipinski definition) is 1. The predicted molar refractivity (Wildman–Crippen MR) is 82.1 cm³/mol. The van der Waals surface area contributed by atoms with Gasteiger partial charge in [0.05, 0.1) is 0 Å². The second kappa shape index (κ2) is 11.4. The van der Waals surface area contributed by atoms with Crippen molar-refractivity contribution in [1.82, 2.24) is 10.2 Å². The van der Waals surface area contributed by atoms with Crippen LogP contribution in [0.5, 0.6) is 0 Å². The topological polar surface area (TPSA) is 15.3 Å². The molecule has 0 saturated heterocycles. The first-order valence-electron chi connectivity index (χ1n) is 7.04. The molecule has 0 fully saturated rings. The predicted octanol–water partition coefficient (Wildman–Crippen LogP) is 3.23. The fourth-order valence-corrected chi connectivity index (χ4v) is 2.62. The maximum atomic E-state index is 3.62. The lowest BCUT2D eigenvalue weighted by molar-refractivity contribution is 0.272. The molecule has 0 amide bonds. The highest BCUT2D eigenvalue weighted by Crippen LogP contribution is 2.04. The first kappa shape index (κ1) is 17.3. The van der Waals surface area contributed by atoms with Crippen LogP contribution in [-0.4, -0.2) is 49.1 Å². The van der Waals surface area contributed by atoms with Crippen LogP contribution >= 0.6 is 11.8 Å². The molecule has 1 N–H and O–H groups in total. The zero-order chi connectivity index (χ0) is 13.1. The molecule has 2 atom stereocenters. The molecule has 2 nitrogen and oxygen atoms in total. The molecule has 0 aromatic rings. The van der Waals surface area contributed by atoms with Gasteiger partial charge in [-0.3, -0.25) is 0 Å². The van der Waals surface area contributed by atoms with Crippen LogP contribution in [0, 0.1) is 0 Å². The lowest BCUT2D eigenvalue weighted by Gasteiger charge is -2.25. The van der Waals surface area contributed by atoms with Crippen molar-refractivity contribution in [2.75, 3.05) is 32.1 Å². The fourth-order valence-electron chi connectivity index (χ4n) is 1.88. The Kier molecular flexibility index (Phi) is 11.5. The van der Waals surface area contributed by atoms with E-state index in [-0.39, 0.29) is 0 Å². The number of hydrogen-bond acceptors (Lipinski definition) is 3. The Bertz CT molecular complexity index is 164. The molecule has 3 heteroatoms. The number of unbranched alkanes of at least 4 members (excludes halogenated alkanes) is 2. The van der Waals surface area contributed by atoms with Crippen molar-refractivity contribution in [3.8, 4) is 0 Å². The molecule has 0 radical (unpaired) electrons. The number of nitrogens with zero attached hydrogens (tertiary/aromatic N) is 1. The largest absolute Gasteiger partial charge is 0.313 e. The highest BCUT2D eigenvalue weighted by Gasteiger charge is 2.08. The molecular formula is C14H32N2S. The van der Waals surface area contributed by atoms with Gasteiger partial charge in [-0.05, 0) is 33.6 Å². The average molecular weight is 260 g/mol. The monoisotopic (exact) mass is 260 g/mol. The van der Waals surface area contributed by atoms with Crippen molar-refractivity contribution in [3.05, 3.63) is 0 Å². The molecular weight excluding hydrogens is 228 g/mol. The zero-order valence-electron chi connectivity index (χ0n) is 12.5. The van der Waals surface area contributed by atoms with E-state index in [0.717, 1.165) is 13.1 Å². The third-order valence-electron chi connectivity index (χ3n) is 3.36. The highest BCUT2D eigenvalue weighted by atomic mass is 32.2. The summed E-state index contributed by atoms with van der Waals surface area (Å²) in [5.41, 5.74) is 0. The minimum Gasteiger partial charge on any atom is -0.313 e. The van der Waals surface area contributed by atoms with Gasteiger partial charge in [0.25, 0.3) is 0 Å². The minimum atomic E-state index is 0.672. The van der Waals surface area contributed by atoms with Gasteiger partial charge in [0.2, 0.25) is 0 Å². The van der Waals surface area contributed by atoms with Crippen molar-refractivity contribution in [2.24, 2.45) is 0 Å². The first-order valence-corrected chi connectivity index (χ1v) is 8.43. The molecule has 17 heavy (non-hydrogen) atoms. The van der Waals surface area contributed by atoms with Crippen molar-refractivity contribution in [3.63, 3.8) is 0 Å². The van der Waals surface area contributed by atoms with Gasteiger partial charge in [0.15, 0.2) is 0 Å². The molecule has 0 aliphatic carbocycles. The molecule has 0 bridgehead atoms. The summed E-state index contributed by atoms with van der Waals surface area (Å²) >= 11 is 1.93. The van der Waals surface area contributed by atoms with Crippen molar-refractivity contribution >= 4 is 11.8 Å². The number of likely N-dealkylation sites (N-methyl/N-ethyl adjacent to an activating group) is 1. The zero-order valence-corrected chi connectivity index (χ0v) is 13.3. The first-order chi connectivity index (χ1) is 8.11. The van der Waals surface area contributed by atoms with Crippen molar-refractivity contribution in [2.45, 2.75) is 58.5 Å². The summed E-state index contributed by atoms with van der Waals surface area (Å²) in [6.45, 7) is 9.14. The van der Waals surface area contributed by atoms with E-state index in [4.69, 9.17) is 0 Å². The molecule has 0 aromatic heterocycles. The Morgan fingerprint density at radius 3 is 2.53 bits per heavy atom. The van der Waals surface area contributed by atoms with Crippen molar-refractivity contribution < 1.29 is 0 Å². The summed E-state index contributed by atoms with van der Waals surface area (Å²) in [6.07, 6.45) is 7.55. The SMILES string of the molecule is CCCCCC(C)NCCN(C)C(C)CSC. The van der Waals surface area contributed by atoms with E-state index in [1.54, 1.807) is 0 Å². The van der Waals surface area contributed by atoms with E-state index in [1.807, 2.05) is 11.8 Å². The Labute approximate surface area is 113 Å². The molecule has 0 aromatic carbocycles. The van der Waals surface area contributed by atoms with Gasteiger partial charge in [-0.15, -0.1) is 0 Å². The Morgan fingerprint density at radius 1 is 1.24 bits per heavy atom. The van der Waals surface area contributed by atoms with Gasteiger partial charge in [-0.25, -0.2) is 0 Å². The fraction of sp³-hybridized carbons (Fsp3) is 1.00. The summed E-state index contributed by atoms with van der Waals surface area (Å²) in [5, 5.41) is 3.62. The smallest absolute Gasteiger partial charge is 0.0155 e. The van der Waals surface area contributed by atoms with E-state index in [2.05, 4.69) is 44.3 Å². The summed E-state index contributed by atoms with van der Waals surface area (Å²) < 4.78 is 0. The molecule has 104 valence electrons. The van der Waals surface area contributed by atoms with Gasteiger partial charge in [0.1, 0.15) is 0 Å². The standard InChI is InChI=1S/C14H32N2S/c1-6-7-8-9-13(2)15-10-11-16(4)14(3)12-17-5/h13-15H,6-12H2,1-5H3. The van der Waals surface area contributed by atoms with Crippen LogP contribution < -0.4 is 5.32 Å². The van der Waals surface area contributed by atoms with E-state index in [0.29, 0.717) is 12.1 Å². The van der Waals surface area contributed by atoms with Gasteiger partial charge in [-0.2, -0.15) is 11.8 Å². The maximum absolute atomic E-state index is 3.62. The van der Waals surface area contributed by atoms with Crippen LogP contribution in [0.25, 0.3) is 0 Å². The van der Waals surface area contributed by atoms with Crippen LogP contribution in [0.1, 0.15) is 46.5 Å². The Hall–Kier alpha value is 0.270. The van der Waals surface area contributed by atoms with Crippen LogP contribution in [-0.2, 0) is 0 Å². The molecule has 0 heterocycles. The van der Waals surface area contributed by atoms with E-state index >= 15 is 0 Å². The second-order valence-corrected chi connectivity index (χ2v) is 6.05. The van der Waals surface area contributed by atoms with Crippen LogP contribution in [0.2, 0.25) is 0 Å². The van der Waals surface area contributed by atoms with Gasteiger partial charge < -0.3 is 10.2 Å². The normalized spacial score (nSPS) is 15.2. The minimum absolute atomic E-state index is 0.672. The summed E-state index contributed by atoms with van der Waals surface area (Å²) in [4.78, 5) is 2.45. The number of thioether (sulfide) groups is 1.